The normalized spacial score (nSPS) is 11.4. The van der Waals surface area contributed by atoms with Crippen LogP contribution >= 0.6 is 11.6 Å². The number of alkyl halides is 3. The van der Waals surface area contributed by atoms with Crippen LogP contribution in [0.1, 0.15) is 5.56 Å². The smallest absolute Gasteiger partial charge is 0.418 e. The minimum atomic E-state index is -4.59. The maximum atomic E-state index is 12.9. The molecule has 0 spiro atoms. The number of rotatable bonds is 2. The summed E-state index contributed by atoms with van der Waals surface area (Å²) in [6.07, 6.45) is -4.59. The Morgan fingerprint density at radius 1 is 1.05 bits per heavy atom. The van der Waals surface area contributed by atoms with Gasteiger partial charge >= 0.3 is 6.18 Å². The second-order valence-corrected chi connectivity index (χ2v) is 4.33. The van der Waals surface area contributed by atoms with Crippen LogP contribution in [0.15, 0.2) is 36.4 Å². The summed E-state index contributed by atoms with van der Waals surface area (Å²) in [7, 11) is 0. The quantitative estimate of drug-likeness (QED) is 0.634. The Labute approximate surface area is 116 Å². The fourth-order valence-corrected chi connectivity index (χ4v) is 1.74. The minimum absolute atomic E-state index is 0.0459. The lowest BCUT2D eigenvalue weighted by Gasteiger charge is -2.13. The fourth-order valence-electron chi connectivity index (χ4n) is 1.53. The maximum absolute atomic E-state index is 12.9. The molecule has 0 radical (unpaired) electrons. The standard InChI is InChI=1S/C13H8ClF4NO/c14-10-5-7(15)1-4-12(10)20-8-2-3-11(19)9(6-8)13(16,17)18/h1-6H,19H2. The van der Waals surface area contributed by atoms with Crippen molar-refractivity contribution in [3.8, 4) is 11.5 Å². The van der Waals surface area contributed by atoms with Crippen LogP contribution in [0.4, 0.5) is 23.2 Å². The number of nitrogen functional groups attached to an aromatic ring is 1. The molecule has 0 bridgehead atoms. The van der Waals surface area contributed by atoms with E-state index in [-0.39, 0.29) is 16.5 Å². The largest absolute Gasteiger partial charge is 0.456 e. The molecule has 2 N–H and O–H groups in total. The minimum Gasteiger partial charge on any atom is -0.456 e. The maximum Gasteiger partial charge on any atom is 0.418 e. The van der Waals surface area contributed by atoms with E-state index in [9.17, 15) is 17.6 Å². The zero-order valence-corrected chi connectivity index (χ0v) is 10.6. The van der Waals surface area contributed by atoms with Crippen LogP contribution in [0, 0.1) is 5.82 Å². The molecule has 0 aliphatic rings. The Balaban J connectivity index is 2.35. The Kier molecular flexibility index (Phi) is 3.76. The van der Waals surface area contributed by atoms with Crippen molar-refractivity contribution in [2.24, 2.45) is 0 Å². The van der Waals surface area contributed by atoms with E-state index in [2.05, 4.69) is 0 Å². The van der Waals surface area contributed by atoms with Gasteiger partial charge < -0.3 is 10.5 Å². The van der Waals surface area contributed by atoms with Crippen molar-refractivity contribution >= 4 is 17.3 Å². The summed E-state index contributed by atoms with van der Waals surface area (Å²) in [6.45, 7) is 0. The summed E-state index contributed by atoms with van der Waals surface area (Å²) in [5.41, 5.74) is 3.85. The lowest BCUT2D eigenvalue weighted by molar-refractivity contribution is -0.137. The lowest BCUT2D eigenvalue weighted by Crippen LogP contribution is -2.08. The monoisotopic (exact) mass is 305 g/mol. The van der Waals surface area contributed by atoms with Crippen molar-refractivity contribution in [2.45, 2.75) is 6.18 Å². The molecule has 0 aliphatic carbocycles. The van der Waals surface area contributed by atoms with E-state index in [1.54, 1.807) is 0 Å². The zero-order valence-electron chi connectivity index (χ0n) is 9.84. The molecule has 0 unspecified atom stereocenters. The van der Waals surface area contributed by atoms with E-state index in [4.69, 9.17) is 22.1 Å². The molecule has 2 aromatic carbocycles. The van der Waals surface area contributed by atoms with Crippen molar-refractivity contribution in [1.82, 2.24) is 0 Å². The Morgan fingerprint density at radius 2 is 1.75 bits per heavy atom. The van der Waals surface area contributed by atoms with Crippen molar-refractivity contribution in [1.29, 1.82) is 0 Å². The number of ether oxygens (including phenoxy) is 1. The number of benzene rings is 2. The first-order valence-corrected chi connectivity index (χ1v) is 5.75. The Bertz CT molecular complexity index is 643. The second-order valence-electron chi connectivity index (χ2n) is 3.92. The lowest BCUT2D eigenvalue weighted by atomic mass is 10.1. The average molecular weight is 306 g/mol. The molecule has 0 aliphatic heterocycles. The van der Waals surface area contributed by atoms with E-state index in [1.807, 2.05) is 0 Å². The van der Waals surface area contributed by atoms with Crippen molar-refractivity contribution in [3.05, 3.63) is 52.8 Å². The van der Waals surface area contributed by atoms with Crippen LogP contribution in [-0.4, -0.2) is 0 Å². The summed E-state index contributed by atoms with van der Waals surface area (Å²) < 4.78 is 56.1. The van der Waals surface area contributed by atoms with Crippen LogP contribution in [0.25, 0.3) is 0 Å². The molecule has 0 fully saturated rings. The highest BCUT2D eigenvalue weighted by Gasteiger charge is 2.33. The summed E-state index contributed by atoms with van der Waals surface area (Å²) in [4.78, 5) is 0. The van der Waals surface area contributed by atoms with Gasteiger partial charge in [0.15, 0.2) is 0 Å². The zero-order chi connectivity index (χ0) is 14.9. The molecule has 0 saturated heterocycles. The number of hydrogen-bond acceptors (Lipinski definition) is 2. The van der Waals surface area contributed by atoms with Crippen LogP contribution in [0.5, 0.6) is 11.5 Å². The highest BCUT2D eigenvalue weighted by Crippen LogP contribution is 2.37. The summed E-state index contributed by atoms with van der Waals surface area (Å²) in [5.74, 6) is -0.623. The van der Waals surface area contributed by atoms with E-state index in [0.717, 1.165) is 24.3 Å². The molecule has 0 amide bonds. The van der Waals surface area contributed by atoms with E-state index >= 15 is 0 Å². The van der Waals surface area contributed by atoms with Gasteiger partial charge in [-0.15, -0.1) is 0 Å². The van der Waals surface area contributed by atoms with Gasteiger partial charge in [0.2, 0.25) is 0 Å². The predicted octanol–water partition coefficient (Wildman–Crippen LogP) is 4.87. The summed E-state index contributed by atoms with van der Waals surface area (Å²) in [6, 6.07) is 6.41. The van der Waals surface area contributed by atoms with Gasteiger partial charge in [0.1, 0.15) is 17.3 Å². The highest BCUT2D eigenvalue weighted by atomic mass is 35.5. The highest BCUT2D eigenvalue weighted by molar-refractivity contribution is 6.32. The van der Waals surface area contributed by atoms with E-state index < -0.39 is 23.2 Å². The topological polar surface area (TPSA) is 35.2 Å². The molecule has 2 rings (SSSR count). The number of halogens is 5. The molecule has 0 saturated carbocycles. The Hall–Kier alpha value is -1.95. The Morgan fingerprint density at radius 3 is 2.35 bits per heavy atom. The average Bonchev–Trinajstić information content (AvgIpc) is 2.33. The third-order valence-corrected chi connectivity index (χ3v) is 2.75. The first-order chi connectivity index (χ1) is 9.27. The fraction of sp³-hybridized carbons (Fsp3) is 0.0769. The van der Waals surface area contributed by atoms with Gasteiger partial charge in [-0.1, -0.05) is 11.6 Å². The van der Waals surface area contributed by atoms with Crippen LogP contribution in [0.2, 0.25) is 5.02 Å². The SMILES string of the molecule is Nc1ccc(Oc2ccc(F)cc2Cl)cc1C(F)(F)F. The molecule has 0 aromatic heterocycles. The first kappa shape index (κ1) is 14.5. The van der Waals surface area contributed by atoms with E-state index in [1.165, 1.54) is 12.1 Å². The van der Waals surface area contributed by atoms with Crippen LogP contribution in [-0.2, 0) is 6.18 Å². The molecule has 2 nitrogen and oxygen atoms in total. The predicted molar refractivity (Wildman–Crippen MR) is 67.3 cm³/mol. The van der Waals surface area contributed by atoms with Crippen LogP contribution in [0.3, 0.4) is 0 Å². The molecular formula is C13H8ClF4NO. The van der Waals surface area contributed by atoms with Crippen molar-refractivity contribution in [3.63, 3.8) is 0 Å². The van der Waals surface area contributed by atoms with Crippen LogP contribution < -0.4 is 10.5 Å². The second kappa shape index (κ2) is 5.20. The van der Waals surface area contributed by atoms with E-state index in [0.29, 0.717) is 0 Å². The molecule has 106 valence electrons. The van der Waals surface area contributed by atoms with Crippen molar-refractivity contribution < 1.29 is 22.3 Å². The van der Waals surface area contributed by atoms with Gasteiger partial charge in [-0.3, -0.25) is 0 Å². The first-order valence-electron chi connectivity index (χ1n) is 5.37. The third-order valence-electron chi connectivity index (χ3n) is 2.45. The van der Waals surface area contributed by atoms with Gasteiger partial charge in [-0.2, -0.15) is 13.2 Å². The molecular weight excluding hydrogens is 298 g/mol. The van der Waals surface area contributed by atoms with Gasteiger partial charge in [0.05, 0.1) is 10.6 Å². The molecule has 0 heterocycles. The summed E-state index contributed by atoms with van der Waals surface area (Å²) >= 11 is 5.73. The molecule has 0 atom stereocenters. The van der Waals surface area contributed by atoms with Gasteiger partial charge in [-0.05, 0) is 36.4 Å². The van der Waals surface area contributed by atoms with Gasteiger partial charge in [-0.25, -0.2) is 4.39 Å². The number of anilines is 1. The number of nitrogens with two attached hydrogens (primary N) is 1. The molecule has 7 heteroatoms. The molecule has 20 heavy (non-hydrogen) atoms. The van der Waals surface area contributed by atoms with Gasteiger partial charge in [0.25, 0.3) is 0 Å². The third kappa shape index (κ3) is 3.14. The molecule has 2 aromatic rings. The van der Waals surface area contributed by atoms with Gasteiger partial charge in [0, 0.05) is 5.69 Å². The van der Waals surface area contributed by atoms with Crippen molar-refractivity contribution in [2.75, 3.05) is 5.73 Å². The number of hydrogen-bond donors (Lipinski definition) is 1. The summed E-state index contributed by atoms with van der Waals surface area (Å²) in [5, 5.41) is -0.0459.